The lowest BCUT2D eigenvalue weighted by Crippen LogP contribution is -2.31. The van der Waals surface area contributed by atoms with Crippen LogP contribution in [-0.4, -0.2) is 57.3 Å². The Morgan fingerprint density at radius 3 is 2.60 bits per heavy atom. The molecule has 0 bridgehead atoms. The van der Waals surface area contributed by atoms with Gasteiger partial charge in [-0.1, -0.05) is 18.9 Å². The third kappa shape index (κ3) is 6.31. The van der Waals surface area contributed by atoms with E-state index in [-0.39, 0.29) is 0 Å². The average molecular weight is 286 g/mol. The Morgan fingerprint density at radius 1 is 1.20 bits per heavy atom. The third-order valence-electron chi connectivity index (χ3n) is 2.64. The van der Waals surface area contributed by atoms with E-state index in [1.165, 1.54) is 0 Å². The lowest BCUT2D eigenvalue weighted by Gasteiger charge is -2.21. The number of nitrogens with one attached hydrogen (secondary N) is 1. The van der Waals surface area contributed by atoms with Crippen LogP contribution in [0.25, 0.3) is 0 Å². The molecule has 20 heavy (non-hydrogen) atoms. The topological polar surface area (TPSA) is 72.7 Å². The molecule has 1 rings (SSSR count). The van der Waals surface area contributed by atoms with Gasteiger partial charge in [-0.25, -0.2) is 0 Å². The third-order valence-corrected chi connectivity index (χ3v) is 2.64. The van der Waals surface area contributed by atoms with Crippen molar-refractivity contribution >= 4 is 6.01 Å². The standard InChI is InChI=1S/C13H26N4O3/c1-11(2)10-17(6-8-19-4)13-16-15-12(20-13)9-14-5-7-18-3/h11,14H,5-10H2,1-4H3. The van der Waals surface area contributed by atoms with Gasteiger partial charge in [0.25, 0.3) is 0 Å². The molecule has 0 unspecified atom stereocenters. The van der Waals surface area contributed by atoms with E-state index in [9.17, 15) is 0 Å². The summed E-state index contributed by atoms with van der Waals surface area (Å²) in [5, 5.41) is 11.3. The summed E-state index contributed by atoms with van der Waals surface area (Å²) in [5.74, 6) is 1.10. The maximum absolute atomic E-state index is 5.67. The van der Waals surface area contributed by atoms with Crippen LogP contribution in [0.2, 0.25) is 0 Å². The van der Waals surface area contributed by atoms with Crippen LogP contribution in [0.3, 0.4) is 0 Å². The lowest BCUT2D eigenvalue weighted by molar-refractivity contribution is 0.198. The van der Waals surface area contributed by atoms with Gasteiger partial charge in [-0.05, 0) is 5.92 Å². The Bertz CT molecular complexity index is 357. The number of hydrogen-bond donors (Lipinski definition) is 1. The summed E-state index contributed by atoms with van der Waals surface area (Å²) in [6, 6.07) is 0.555. The van der Waals surface area contributed by atoms with Crippen LogP contribution in [-0.2, 0) is 16.0 Å². The zero-order chi connectivity index (χ0) is 14.8. The maximum atomic E-state index is 5.67. The molecule has 0 saturated carbocycles. The minimum absolute atomic E-state index is 0.516. The van der Waals surface area contributed by atoms with Gasteiger partial charge in [-0.2, -0.15) is 0 Å². The first-order valence-electron chi connectivity index (χ1n) is 6.93. The van der Waals surface area contributed by atoms with Crippen molar-refractivity contribution in [1.29, 1.82) is 0 Å². The second kappa shape index (κ2) is 9.68. The molecule has 1 aromatic rings. The van der Waals surface area contributed by atoms with Crippen LogP contribution in [0.15, 0.2) is 4.42 Å². The average Bonchev–Trinajstić information content (AvgIpc) is 2.88. The van der Waals surface area contributed by atoms with E-state index in [0.29, 0.717) is 37.6 Å². The molecule has 0 spiro atoms. The van der Waals surface area contributed by atoms with Gasteiger partial charge in [-0.3, -0.25) is 0 Å². The number of rotatable bonds is 11. The molecule has 7 heteroatoms. The number of nitrogens with zero attached hydrogens (tertiary/aromatic N) is 3. The minimum atomic E-state index is 0.516. The van der Waals surface area contributed by atoms with E-state index in [1.54, 1.807) is 14.2 Å². The number of ether oxygens (including phenoxy) is 2. The van der Waals surface area contributed by atoms with Gasteiger partial charge in [0.05, 0.1) is 19.8 Å². The van der Waals surface area contributed by atoms with Crippen molar-refractivity contribution in [1.82, 2.24) is 15.5 Å². The van der Waals surface area contributed by atoms with Crippen molar-refractivity contribution in [3.8, 4) is 0 Å². The molecule has 1 N–H and O–H groups in total. The first kappa shape index (κ1) is 16.9. The monoisotopic (exact) mass is 286 g/mol. The predicted octanol–water partition coefficient (Wildman–Crippen LogP) is 0.914. The summed E-state index contributed by atoms with van der Waals surface area (Å²) in [5.41, 5.74) is 0. The smallest absolute Gasteiger partial charge is 0.318 e. The van der Waals surface area contributed by atoms with Gasteiger partial charge in [0, 0.05) is 33.9 Å². The second-order valence-corrected chi connectivity index (χ2v) is 4.98. The quantitative estimate of drug-likeness (QED) is 0.606. The van der Waals surface area contributed by atoms with E-state index < -0.39 is 0 Å². The largest absolute Gasteiger partial charge is 0.407 e. The molecule has 0 fully saturated rings. The molecule has 0 aromatic carbocycles. The Labute approximate surface area is 120 Å². The summed E-state index contributed by atoms with van der Waals surface area (Å²) >= 11 is 0. The molecular formula is C13H26N4O3. The van der Waals surface area contributed by atoms with Crippen LogP contribution >= 0.6 is 0 Å². The first-order chi connectivity index (χ1) is 9.67. The highest BCUT2D eigenvalue weighted by molar-refractivity contribution is 5.23. The molecule has 0 aliphatic heterocycles. The Kier molecular flexibility index (Phi) is 8.17. The van der Waals surface area contributed by atoms with Gasteiger partial charge >= 0.3 is 6.01 Å². The van der Waals surface area contributed by atoms with Crippen LogP contribution in [0, 0.1) is 5.92 Å². The summed E-state index contributed by atoms with van der Waals surface area (Å²) < 4.78 is 15.7. The summed E-state index contributed by atoms with van der Waals surface area (Å²) in [7, 11) is 3.36. The fraction of sp³-hybridized carbons (Fsp3) is 0.846. The summed E-state index contributed by atoms with van der Waals surface area (Å²) in [6.07, 6.45) is 0. The van der Waals surface area contributed by atoms with Crippen LogP contribution in [0.1, 0.15) is 19.7 Å². The summed E-state index contributed by atoms with van der Waals surface area (Å²) in [4.78, 5) is 2.06. The van der Waals surface area contributed by atoms with Crippen molar-refractivity contribution in [2.45, 2.75) is 20.4 Å². The Balaban J connectivity index is 2.51. The molecule has 1 aromatic heterocycles. The lowest BCUT2D eigenvalue weighted by atomic mass is 10.2. The van der Waals surface area contributed by atoms with Crippen molar-refractivity contribution in [2.24, 2.45) is 5.92 Å². The van der Waals surface area contributed by atoms with E-state index >= 15 is 0 Å². The van der Waals surface area contributed by atoms with Gasteiger partial charge in [-0.15, -0.1) is 5.10 Å². The zero-order valence-corrected chi connectivity index (χ0v) is 12.9. The Morgan fingerprint density at radius 2 is 1.95 bits per heavy atom. The molecule has 0 aliphatic rings. The van der Waals surface area contributed by atoms with Crippen molar-refractivity contribution in [3.63, 3.8) is 0 Å². The summed E-state index contributed by atoms with van der Waals surface area (Å²) in [6.45, 7) is 8.52. The van der Waals surface area contributed by atoms with Crippen molar-refractivity contribution < 1.29 is 13.9 Å². The number of hydrogen-bond acceptors (Lipinski definition) is 7. The predicted molar refractivity (Wildman–Crippen MR) is 76.8 cm³/mol. The molecule has 0 atom stereocenters. The molecule has 0 radical (unpaired) electrons. The normalized spacial score (nSPS) is 11.2. The van der Waals surface area contributed by atoms with Crippen molar-refractivity contribution in [2.75, 3.05) is 52.0 Å². The molecule has 7 nitrogen and oxygen atoms in total. The molecule has 1 heterocycles. The van der Waals surface area contributed by atoms with E-state index in [0.717, 1.165) is 19.6 Å². The molecule has 0 amide bonds. The fourth-order valence-electron chi connectivity index (χ4n) is 1.72. The molecule has 116 valence electrons. The number of methoxy groups -OCH3 is 2. The van der Waals surface area contributed by atoms with Crippen LogP contribution in [0.5, 0.6) is 0 Å². The second-order valence-electron chi connectivity index (χ2n) is 4.98. The number of aromatic nitrogens is 2. The molecular weight excluding hydrogens is 260 g/mol. The van der Waals surface area contributed by atoms with Gasteiger partial charge < -0.3 is 24.1 Å². The van der Waals surface area contributed by atoms with Crippen LogP contribution in [0.4, 0.5) is 6.01 Å². The highest BCUT2D eigenvalue weighted by atomic mass is 16.5. The minimum Gasteiger partial charge on any atom is -0.407 e. The Hall–Kier alpha value is -1.18. The van der Waals surface area contributed by atoms with Gasteiger partial charge in [0.15, 0.2) is 0 Å². The zero-order valence-electron chi connectivity index (χ0n) is 12.9. The fourth-order valence-corrected chi connectivity index (χ4v) is 1.72. The van der Waals surface area contributed by atoms with E-state index in [4.69, 9.17) is 13.9 Å². The van der Waals surface area contributed by atoms with E-state index in [2.05, 4.69) is 34.3 Å². The maximum Gasteiger partial charge on any atom is 0.318 e. The van der Waals surface area contributed by atoms with Crippen molar-refractivity contribution in [3.05, 3.63) is 5.89 Å². The number of anilines is 1. The van der Waals surface area contributed by atoms with Crippen LogP contribution < -0.4 is 10.2 Å². The first-order valence-corrected chi connectivity index (χ1v) is 6.93. The molecule has 0 aliphatic carbocycles. The highest BCUT2D eigenvalue weighted by Crippen LogP contribution is 2.13. The molecule has 0 saturated heterocycles. The SMILES string of the molecule is COCCNCc1nnc(N(CCOC)CC(C)C)o1. The highest BCUT2D eigenvalue weighted by Gasteiger charge is 2.15. The van der Waals surface area contributed by atoms with E-state index in [1.807, 2.05) is 0 Å². The van der Waals surface area contributed by atoms with Gasteiger partial charge in [0.1, 0.15) is 0 Å². The van der Waals surface area contributed by atoms with Gasteiger partial charge in [0.2, 0.25) is 5.89 Å².